The van der Waals surface area contributed by atoms with E-state index in [0.717, 1.165) is 6.42 Å². The summed E-state index contributed by atoms with van der Waals surface area (Å²) < 4.78 is 5.23. The van der Waals surface area contributed by atoms with E-state index in [1.165, 1.54) is 12.0 Å². The van der Waals surface area contributed by atoms with Crippen LogP contribution in [0.25, 0.3) is 0 Å². The second kappa shape index (κ2) is 6.03. The van der Waals surface area contributed by atoms with Gasteiger partial charge in [0.1, 0.15) is 17.4 Å². The van der Waals surface area contributed by atoms with E-state index in [2.05, 4.69) is 0 Å². The Kier molecular flexibility index (Phi) is 4.35. The number of nitrogens with zero attached hydrogens (tertiary/aromatic N) is 2. The Morgan fingerprint density at radius 1 is 1.38 bits per heavy atom. The number of nitrogens with two attached hydrogens (primary N) is 1. The van der Waals surface area contributed by atoms with E-state index in [4.69, 9.17) is 10.5 Å². The quantitative estimate of drug-likeness (QED) is 0.842. The lowest BCUT2D eigenvalue weighted by Crippen LogP contribution is -2.45. The van der Waals surface area contributed by atoms with Crippen LogP contribution in [-0.2, 0) is 4.79 Å². The van der Waals surface area contributed by atoms with Gasteiger partial charge < -0.3 is 20.3 Å². The average molecular weight is 291 g/mol. The molecule has 21 heavy (non-hydrogen) atoms. The van der Waals surface area contributed by atoms with Gasteiger partial charge in [-0.1, -0.05) is 6.07 Å². The Balaban J connectivity index is 2.34. The van der Waals surface area contributed by atoms with Crippen LogP contribution in [0, 0.1) is 0 Å². The Labute approximate surface area is 124 Å². The highest BCUT2D eigenvalue weighted by Crippen LogP contribution is 2.29. The molecule has 1 aromatic rings. The van der Waals surface area contributed by atoms with Gasteiger partial charge in [-0.05, 0) is 25.0 Å². The highest BCUT2D eigenvalue weighted by atomic mass is 16.5. The normalized spacial score (nSPS) is 17.7. The molecule has 1 aliphatic rings. The fourth-order valence-electron chi connectivity index (χ4n) is 2.66. The number of carbonyl (C=O) groups is 2. The summed E-state index contributed by atoms with van der Waals surface area (Å²) in [6.45, 7) is 0.556. The molecule has 1 saturated heterocycles. The molecule has 2 amide bonds. The first-order chi connectivity index (χ1) is 9.97. The summed E-state index contributed by atoms with van der Waals surface area (Å²) in [5, 5.41) is 0. The summed E-state index contributed by atoms with van der Waals surface area (Å²) >= 11 is 0. The number of hydrogen-bond acceptors (Lipinski definition) is 4. The van der Waals surface area contributed by atoms with Crippen LogP contribution >= 0.6 is 0 Å². The Morgan fingerprint density at radius 3 is 2.71 bits per heavy atom. The number of ether oxygens (including phenoxy) is 1. The lowest BCUT2D eigenvalue weighted by atomic mass is 10.1. The van der Waals surface area contributed by atoms with Crippen LogP contribution in [0.4, 0.5) is 5.69 Å². The summed E-state index contributed by atoms with van der Waals surface area (Å²) in [6, 6.07) is 4.67. The number of anilines is 1. The van der Waals surface area contributed by atoms with Gasteiger partial charge in [-0.2, -0.15) is 0 Å². The Hall–Kier alpha value is -2.24. The van der Waals surface area contributed by atoms with Gasteiger partial charge in [0.15, 0.2) is 0 Å². The summed E-state index contributed by atoms with van der Waals surface area (Å²) in [5.74, 6) is 0.125. The van der Waals surface area contributed by atoms with E-state index in [1.807, 2.05) is 0 Å². The van der Waals surface area contributed by atoms with Crippen molar-refractivity contribution in [2.45, 2.75) is 18.9 Å². The molecular formula is C15H21N3O3. The Morgan fingerprint density at radius 2 is 2.10 bits per heavy atom. The maximum Gasteiger partial charge on any atom is 0.260 e. The summed E-state index contributed by atoms with van der Waals surface area (Å²) in [7, 11) is 4.89. The minimum absolute atomic E-state index is 0.0608. The highest BCUT2D eigenvalue weighted by molar-refractivity contribution is 6.04. The molecule has 2 rings (SSSR count). The van der Waals surface area contributed by atoms with Gasteiger partial charge in [-0.15, -0.1) is 0 Å². The number of likely N-dealkylation sites (N-methyl/N-ethyl adjacent to an activating group) is 1. The number of carbonyl (C=O) groups excluding carboxylic acids is 2. The molecule has 1 aromatic carbocycles. The molecule has 0 saturated carbocycles. The molecule has 1 fully saturated rings. The van der Waals surface area contributed by atoms with Crippen molar-refractivity contribution >= 4 is 17.5 Å². The zero-order valence-corrected chi connectivity index (χ0v) is 12.6. The van der Waals surface area contributed by atoms with Crippen LogP contribution in [-0.4, -0.2) is 55.4 Å². The minimum atomic E-state index is -0.420. The van der Waals surface area contributed by atoms with Crippen molar-refractivity contribution in [1.29, 1.82) is 0 Å². The van der Waals surface area contributed by atoms with Gasteiger partial charge in [0.25, 0.3) is 5.91 Å². The first-order valence-corrected chi connectivity index (χ1v) is 6.92. The van der Waals surface area contributed by atoms with Crippen LogP contribution in [0.15, 0.2) is 18.2 Å². The van der Waals surface area contributed by atoms with Crippen LogP contribution in [0.3, 0.4) is 0 Å². The molecular weight excluding hydrogens is 270 g/mol. The van der Waals surface area contributed by atoms with Crippen LogP contribution in [0.5, 0.6) is 5.75 Å². The third kappa shape index (κ3) is 2.79. The summed E-state index contributed by atoms with van der Waals surface area (Å²) in [4.78, 5) is 28.1. The second-order valence-corrected chi connectivity index (χ2v) is 5.31. The van der Waals surface area contributed by atoms with Gasteiger partial charge in [-0.3, -0.25) is 9.59 Å². The first-order valence-electron chi connectivity index (χ1n) is 6.92. The van der Waals surface area contributed by atoms with Crippen molar-refractivity contribution in [1.82, 2.24) is 9.80 Å². The molecule has 1 unspecified atom stereocenters. The van der Waals surface area contributed by atoms with Crippen molar-refractivity contribution in [3.63, 3.8) is 0 Å². The number of nitrogen functional groups attached to an aromatic ring is 1. The molecule has 6 nitrogen and oxygen atoms in total. The number of likely N-dealkylation sites (tertiary alicyclic amines) is 1. The van der Waals surface area contributed by atoms with E-state index < -0.39 is 6.04 Å². The monoisotopic (exact) mass is 291 g/mol. The van der Waals surface area contributed by atoms with Gasteiger partial charge in [0, 0.05) is 26.3 Å². The third-order valence-electron chi connectivity index (χ3n) is 3.73. The van der Waals surface area contributed by atoms with E-state index in [-0.39, 0.29) is 11.8 Å². The van der Waals surface area contributed by atoms with Gasteiger partial charge in [0.2, 0.25) is 5.91 Å². The number of hydrogen-bond donors (Lipinski definition) is 1. The van der Waals surface area contributed by atoms with E-state index in [1.54, 1.807) is 37.2 Å². The number of rotatable bonds is 3. The van der Waals surface area contributed by atoms with Crippen LogP contribution < -0.4 is 10.5 Å². The molecule has 2 N–H and O–H groups in total. The smallest absolute Gasteiger partial charge is 0.260 e. The maximum absolute atomic E-state index is 12.8. The van der Waals surface area contributed by atoms with Crippen molar-refractivity contribution < 1.29 is 14.3 Å². The third-order valence-corrected chi connectivity index (χ3v) is 3.73. The lowest BCUT2D eigenvalue weighted by Gasteiger charge is -2.27. The van der Waals surface area contributed by atoms with Crippen molar-refractivity contribution in [2.75, 3.05) is 33.5 Å². The molecule has 1 heterocycles. The number of methoxy groups -OCH3 is 1. The molecule has 0 bridgehead atoms. The van der Waals surface area contributed by atoms with Crippen LogP contribution in [0.1, 0.15) is 23.2 Å². The SMILES string of the molecule is COc1cccc(N)c1C(=O)N1CCCC1C(=O)N(C)C. The molecule has 0 aromatic heterocycles. The molecule has 1 aliphatic heterocycles. The standard InChI is InChI=1S/C15H21N3O3/c1-17(2)14(19)11-7-5-9-18(11)15(20)13-10(16)6-4-8-12(13)21-3/h4,6,8,11H,5,7,9,16H2,1-3H3. The topological polar surface area (TPSA) is 75.9 Å². The fraction of sp³-hybridized carbons (Fsp3) is 0.467. The van der Waals surface area contributed by atoms with E-state index >= 15 is 0 Å². The zero-order valence-electron chi connectivity index (χ0n) is 12.6. The predicted octanol–water partition coefficient (Wildman–Crippen LogP) is 0.970. The average Bonchev–Trinajstić information content (AvgIpc) is 2.94. The van der Waals surface area contributed by atoms with Crippen LogP contribution in [0.2, 0.25) is 0 Å². The summed E-state index contributed by atoms with van der Waals surface area (Å²) in [6.07, 6.45) is 1.49. The van der Waals surface area contributed by atoms with E-state index in [0.29, 0.717) is 30.0 Å². The number of amides is 2. The first kappa shape index (κ1) is 15.2. The largest absolute Gasteiger partial charge is 0.496 e. The fourth-order valence-corrected chi connectivity index (χ4v) is 2.66. The minimum Gasteiger partial charge on any atom is -0.496 e. The summed E-state index contributed by atoms with van der Waals surface area (Å²) in [5.41, 5.74) is 6.62. The van der Waals surface area contributed by atoms with Crippen molar-refractivity contribution in [2.24, 2.45) is 0 Å². The molecule has 0 aliphatic carbocycles. The highest BCUT2D eigenvalue weighted by Gasteiger charge is 2.36. The van der Waals surface area contributed by atoms with Crippen molar-refractivity contribution in [3.05, 3.63) is 23.8 Å². The van der Waals surface area contributed by atoms with E-state index in [9.17, 15) is 9.59 Å². The van der Waals surface area contributed by atoms with Gasteiger partial charge in [-0.25, -0.2) is 0 Å². The molecule has 0 spiro atoms. The van der Waals surface area contributed by atoms with Crippen molar-refractivity contribution in [3.8, 4) is 5.75 Å². The predicted molar refractivity (Wildman–Crippen MR) is 80.2 cm³/mol. The Bertz CT molecular complexity index is 557. The molecule has 6 heteroatoms. The zero-order chi connectivity index (χ0) is 15.6. The van der Waals surface area contributed by atoms with Gasteiger partial charge >= 0.3 is 0 Å². The lowest BCUT2D eigenvalue weighted by molar-refractivity contribution is -0.132. The number of benzene rings is 1. The molecule has 0 radical (unpaired) electrons. The molecule has 1 atom stereocenters. The second-order valence-electron chi connectivity index (χ2n) is 5.31. The maximum atomic E-state index is 12.8. The molecule has 114 valence electrons. The van der Waals surface area contributed by atoms with Gasteiger partial charge in [0.05, 0.1) is 7.11 Å².